The van der Waals surface area contributed by atoms with Crippen molar-refractivity contribution in [3.05, 3.63) is 16.7 Å². The molecule has 0 aliphatic carbocycles. The van der Waals surface area contributed by atoms with Crippen LogP contribution in [0.25, 0.3) is 0 Å². The summed E-state index contributed by atoms with van der Waals surface area (Å²) >= 11 is 0. The van der Waals surface area contributed by atoms with Gasteiger partial charge in [0.05, 0.1) is 6.61 Å². The molecule has 0 radical (unpaired) electrons. The van der Waals surface area contributed by atoms with Crippen LogP contribution in [0.5, 0.6) is 17.2 Å². The van der Waals surface area contributed by atoms with E-state index in [-0.39, 0.29) is 11.5 Å². The number of benzene rings is 1. The molecule has 0 fully saturated rings. The predicted octanol–water partition coefficient (Wildman–Crippen LogP) is 11.8. The zero-order chi connectivity index (χ0) is 28.6. The molecule has 0 saturated carbocycles. The summed E-state index contributed by atoms with van der Waals surface area (Å²) in [5.74, 6) is 0.684. The van der Waals surface area contributed by atoms with Gasteiger partial charge in [-0.05, 0) is 50.5 Å². The van der Waals surface area contributed by atoms with E-state index in [4.69, 9.17) is 4.74 Å². The van der Waals surface area contributed by atoms with Crippen LogP contribution in [0.3, 0.4) is 0 Å². The maximum Gasteiger partial charge on any atom is 0.201 e. The van der Waals surface area contributed by atoms with Crippen LogP contribution in [-0.2, 0) is 19.3 Å². The van der Waals surface area contributed by atoms with Crippen LogP contribution in [0, 0.1) is 0 Å². The second kappa shape index (κ2) is 24.4. The molecule has 3 heteroatoms. The van der Waals surface area contributed by atoms with Gasteiger partial charge in [-0.2, -0.15) is 0 Å². The van der Waals surface area contributed by atoms with Gasteiger partial charge in [0.15, 0.2) is 11.5 Å². The largest absolute Gasteiger partial charge is 0.504 e. The van der Waals surface area contributed by atoms with Crippen LogP contribution in [0.15, 0.2) is 0 Å². The fraction of sp³-hybridized carbons (Fsp3) is 0.833. The molecular weight excluding hydrogens is 480 g/mol. The fourth-order valence-corrected chi connectivity index (χ4v) is 5.80. The van der Waals surface area contributed by atoms with Crippen LogP contribution in [0.4, 0.5) is 0 Å². The molecule has 0 spiro atoms. The summed E-state index contributed by atoms with van der Waals surface area (Å²) in [5, 5.41) is 22.5. The molecule has 0 unspecified atom stereocenters. The lowest BCUT2D eigenvalue weighted by atomic mass is 9.88. The molecule has 0 bridgehead atoms. The van der Waals surface area contributed by atoms with E-state index in [1.54, 1.807) is 0 Å². The molecule has 3 nitrogen and oxygen atoms in total. The third kappa shape index (κ3) is 15.3. The molecule has 39 heavy (non-hydrogen) atoms. The summed E-state index contributed by atoms with van der Waals surface area (Å²) in [6, 6.07) is 0. The number of hydrogen-bond acceptors (Lipinski definition) is 3. The number of ether oxygens (including phenoxy) is 1. The number of rotatable bonds is 27. The molecule has 0 saturated heterocycles. The molecule has 228 valence electrons. The Bertz CT molecular complexity index is 712. The summed E-state index contributed by atoms with van der Waals surface area (Å²) in [5.41, 5.74) is 3.51. The highest BCUT2D eigenvalue weighted by molar-refractivity contribution is 5.62. The normalized spacial score (nSPS) is 11.4. The van der Waals surface area contributed by atoms with Gasteiger partial charge in [0.1, 0.15) is 0 Å². The van der Waals surface area contributed by atoms with E-state index in [1.807, 2.05) is 0 Å². The summed E-state index contributed by atoms with van der Waals surface area (Å²) in [6.07, 6.45) is 29.9. The van der Waals surface area contributed by atoms with Gasteiger partial charge >= 0.3 is 0 Å². The van der Waals surface area contributed by atoms with Gasteiger partial charge in [-0.1, -0.05) is 143 Å². The second-order valence-electron chi connectivity index (χ2n) is 11.9. The zero-order valence-corrected chi connectivity index (χ0v) is 26.7. The van der Waals surface area contributed by atoms with E-state index >= 15 is 0 Å². The lowest BCUT2D eigenvalue weighted by Gasteiger charge is -2.23. The van der Waals surface area contributed by atoms with E-state index in [1.165, 1.54) is 120 Å². The predicted molar refractivity (Wildman–Crippen MR) is 171 cm³/mol. The van der Waals surface area contributed by atoms with Crippen LogP contribution in [-0.4, -0.2) is 16.8 Å². The van der Waals surface area contributed by atoms with Crippen molar-refractivity contribution in [1.82, 2.24) is 0 Å². The van der Waals surface area contributed by atoms with Crippen molar-refractivity contribution < 1.29 is 14.9 Å². The van der Waals surface area contributed by atoms with Crippen LogP contribution in [0.1, 0.15) is 186 Å². The molecule has 1 aromatic rings. The SMILES string of the molecule is CCCCCCCCc1c(O)c(O)c(OCCCCCC)c(CCCCCCCC)c1CCCCCCCC. The zero-order valence-electron chi connectivity index (χ0n) is 26.7. The Hall–Kier alpha value is -1.38. The van der Waals surface area contributed by atoms with Crippen LogP contribution < -0.4 is 4.74 Å². The lowest BCUT2D eigenvalue weighted by Crippen LogP contribution is -2.08. The number of aromatic hydroxyl groups is 2. The van der Waals surface area contributed by atoms with E-state index < -0.39 is 0 Å². The molecule has 0 heterocycles. The highest BCUT2D eigenvalue weighted by Gasteiger charge is 2.24. The fourth-order valence-electron chi connectivity index (χ4n) is 5.80. The third-order valence-corrected chi connectivity index (χ3v) is 8.31. The van der Waals surface area contributed by atoms with Crippen molar-refractivity contribution in [2.45, 2.75) is 188 Å². The Labute approximate surface area is 243 Å². The topological polar surface area (TPSA) is 49.7 Å². The quantitative estimate of drug-likeness (QED) is 0.0852. The smallest absolute Gasteiger partial charge is 0.201 e. The van der Waals surface area contributed by atoms with Gasteiger partial charge in [-0.25, -0.2) is 0 Å². The van der Waals surface area contributed by atoms with Crippen molar-refractivity contribution >= 4 is 0 Å². The Balaban J connectivity index is 3.15. The van der Waals surface area contributed by atoms with Crippen molar-refractivity contribution in [3.8, 4) is 17.2 Å². The minimum atomic E-state index is -0.000784. The van der Waals surface area contributed by atoms with Crippen LogP contribution >= 0.6 is 0 Å². The molecule has 0 aliphatic rings. The average molecular weight is 547 g/mol. The van der Waals surface area contributed by atoms with E-state index in [9.17, 15) is 10.2 Å². The number of phenols is 2. The molecule has 0 amide bonds. The second-order valence-corrected chi connectivity index (χ2v) is 11.9. The molecule has 2 N–H and O–H groups in total. The lowest BCUT2D eigenvalue weighted by molar-refractivity contribution is 0.279. The maximum atomic E-state index is 11.3. The summed E-state index contributed by atoms with van der Waals surface area (Å²) in [4.78, 5) is 0. The first kappa shape index (κ1) is 35.6. The minimum absolute atomic E-state index is 0.000784. The maximum absolute atomic E-state index is 11.3. The van der Waals surface area contributed by atoms with Gasteiger partial charge in [0, 0.05) is 11.1 Å². The standard InChI is InChI=1S/C36H66O3/c1-5-9-13-17-20-23-27-31-32(28-24-21-18-14-10-6-2)34(37)35(38)36(39-30-26-16-12-8-4)33(31)29-25-22-19-15-11-7-3/h37-38H,5-30H2,1-4H3. The van der Waals surface area contributed by atoms with Crippen molar-refractivity contribution in [2.24, 2.45) is 0 Å². The first-order valence-electron chi connectivity index (χ1n) is 17.3. The third-order valence-electron chi connectivity index (χ3n) is 8.31. The molecule has 0 atom stereocenters. The van der Waals surface area contributed by atoms with Crippen LogP contribution in [0.2, 0.25) is 0 Å². The van der Waals surface area contributed by atoms with Crippen molar-refractivity contribution in [2.75, 3.05) is 6.61 Å². The number of hydrogen-bond donors (Lipinski definition) is 2. The molecule has 1 rings (SSSR count). The van der Waals surface area contributed by atoms with Gasteiger partial charge in [-0.15, -0.1) is 0 Å². The van der Waals surface area contributed by atoms with Crippen molar-refractivity contribution in [3.63, 3.8) is 0 Å². The Morgan fingerprint density at radius 2 is 0.744 bits per heavy atom. The molecule has 1 aromatic carbocycles. The van der Waals surface area contributed by atoms with E-state index in [0.29, 0.717) is 12.4 Å². The Kier molecular flexibility index (Phi) is 22.3. The van der Waals surface area contributed by atoms with Gasteiger partial charge < -0.3 is 14.9 Å². The average Bonchev–Trinajstić information content (AvgIpc) is 2.94. The summed E-state index contributed by atoms with van der Waals surface area (Å²) < 4.78 is 6.31. The highest BCUT2D eigenvalue weighted by Crippen LogP contribution is 2.46. The molecule has 0 aromatic heterocycles. The van der Waals surface area contributed by atoms with Gasteiger partial charge in [-0.3, -0.25) is 0 Å². The first-order valence-corrected chi connectivity index (χ1v) is 17.3. The first-order chi connectivity index (χ1) is 19.1. The minimum Gasteiger partial charge on any atom is -0.504 e. The number of unbranched alkanes of at least 4 members (excludes halogenated alkanes) is 18. The monoisotopic (exact) mass is 547 g/mol. The highest BCUT2D eigenvalue weighted by atomic mass is 16.5. The molecular formula is C36H66O3. The molecule has 0 aliphatic heterocycles. The van der Waals surface area contributed by atoms with Crippen molar-refractivity contribution in [1.29, 1.82) is 0 Å². The summed E-state index contributed by atoms with van der Waals surface area (Å²) in [6.45, 7) is 9.63. The number of phenolic OH excluding ortho intramolecular Hbond substituents is 2. The Morgan fingerprint density at radius 1 is 0.385 bits per heavy atom. The Morgan fingerprint density at radius 3 is 1.21 bits per heavy atom. The summed E-state index contributed by atoms with van der Waals surface area (Å²) in [7, 11) is 0. The van der Waals surface area contributed by atoms with Gasteiger partial charge in [0.25, 0.3) is 0 Å². The van der Waals surface area contributed by atoms with E-state index in [2.05, 4.69) is 27.7 Å². The van der Waals surface area contributed by atoms with E-state index in [0.717, 1.165) is 56.9 Å². The van der Waals surface area contributed by atoms with Gasteiger partial charge in [0.2, 0.25) is 5.75 Å².